The smallest absolute Gasteiger partial charge is 0.186 e. The Balaban J connectivity index is 1.61. The maximum Gasteiger partial charge on any atom is 0.186 e. The number of aliphatic hydroxyl groups excluding tert-OH is 1. The summed E-state index contributed by atoms with van der Waals surface area (Å²) in [6.45, 7) is 0.0567. The summed E-state index contributed by atoms with van der Waals surface area (Å²) in [7, 11) is 1.48. The maximum absolute atomic E-state index is 15.0. The predicted molar refractivity (Wildman–Crippen MR) is 133 cm³/mol. The molecule has 0 radical (unpaired) electrons. The highest BCUT2D eigenvalue weighted by molar-refractivity contribution is 5.15. The van der Waals surface area contributed by atoms with Gasteiger partial charge in [0.05, 0.1) is 26.4 Å². The minimum atomic E-state index is -1.69. The predicted octanol–water partition coefficient (Wildman–Crippen LogP) is 4.44. The number of halogens is 1. The molecule has 0 bridgehead atoms. The van der Waals surface area contributed by atoms with Crippen molar-refractivity contribution in [2.75, 3.05) is 13.7 Å². The number of hydrogen-bond donors (Lipinski definition) is 1. The molecule has 6 atom stereocenters. The molecule has 1 N–H and O–H groups in total. The Bertz CT molecular complexity index is 1010. The standard InChI is InChI=1S/C29H33FO6/c1-32-29-28(35-20-23-15-9-4-10-16-23)27(34-19-22-13-7-3-8-14-22)26(25(36-29)24(30)17-31)33-18-21-11-5-2-6-12-21/h2-16,24-29,31H,17-20H2,1H3/t24-,25?,26?,27?,28?,29?/m0/s1. The molecule has 0 amide bonds. The van der Waals surface area contributed by atoms with Crippen molar-refractivity contribution in [1.82, 2.24) is 0 Å². The van der Waals surface area contributed by atoms with Gasteiger partial charge in [0.2, 0.25) is 0 Å². The Hall–Kier alpha value is -2.65. The molecule has 7 heteroatoms. The lowest BCUT2D eigenvalue weighted by molar-refractivity contribution is -0.326. The molecule has 1 aliphatic rings. The zero-order valence-corrected chi connectivity index (χ0v) is 20.3. The second kappa shape index (κ2) is 13.6. The molecule has 1 heterocycles. The van der Waals surface area contributed by atoms with Gasteiger partial charge in [0.15, 0.2) is 12.5 Å². The van der Waals surface area contributed by atoms with Crippen molar-refractivity contribution in [3.8, 4) is 0 Å². The largest absolute Gasteiger partial charge is 0.393 e. The van der Waals surface area contributed by atoms with E-state index >= 15 is 4.39 Å². The van der Waals surface area contributed by atoms with E-state index in [-0.39, 0.29) is 19.8 Å². The van der Waals surface area contributed by atoms with Crippen LogP contribution in [0.3, 0.4) is 0 Å². The summed E-state index contributed by atoms with van der Waals surface area (Å²) in [5.41, 5.74) is 2.85. The van der Waals surface area contributed by atoms with Crippen LogP contribution in [0.25, 0.3) is 0 Å². The highest BCUT2D eigenvalue weighted by Crippen LogP contribution is 2.33. The maximum atomic E-state index is 15.0. The number of benzene rings is 3. The normalized spacial score (nSPS) is 24.9. The molecule has 0 aliphatic carbocycles. The fourth-order valence-electron chi connectivity index (χ4n) is 4.28. The first kappa shape index (κ1) is 26.4. The average Bonchev–Trinajstić information content (AvgIpc) is 2.94. The van der Waals surface area contributed by atoms with E-state index in [0.29, 0.717) is 0 Å². The molecule has 192 valence electrons. The lowest BCUT2D eigenvalue weighted by atomic mass is 9.95. The lowest BCUT2D eigenvalue weighted by Crippen LogP contribution is -2.63. The van der Waals surface area contributed by atoms with Crippen LogP contribution in [0.1, 0.15) is 16.7 Å². The summed E-state index contributed by atoms with van der Waals surface area (Å²) in [5, 5.41) is 9.64. The van der Waals surface area contributed by atoms with Gasteiger partial charge in [-0.2, -0.15) is 0 Å². The van der Waals surface area contributed by atoms with E-state index < -0.39 is 43.5 Å². The third-order valence-corrected chi connectivity index (χ3v) is 6.15. The van der Waals surface area contributed by atoms with Crippen LogP contribution < -0.4 is 0 Å². The highest BCUT2D eigenvalue weighted by atomic mass is 19.1. The van der Waals surface area contributed by atoms with E-state index in [1.54, 1.807) is 0 Å². The number of hydrogen-bond acceptors (Lipinski definition) is 6. The summed E-state index contributed by atoms with van der Waals surface area (Å²) < 4.78 is 45.5. The van der Waals surface area contributed by atoms with Crippen LogP contribution in [0.15, 0.2) is 91.0 Å². The molecule has 0 aromatic heterocycles. The molecule has 0 saturated carbocycles. The average molecular weight is 497 g/mol. The van der Waals surface area contributed by atoms with Gasteiger partial charge < -0.3 is 28.8 Å². The number of rotatable bonds is 12. The van der Waals surface area contributed by atoms with E-state index in [4.69, 9.17) is 23.7 Å². The van der Waals surface area contributed by atoms with Crippen LogP contribution >= 0.6 is 0 Å². The molecule has 1 saturated heterocycles. The molecule has 3 aromatic carbocycles. The minimum Gasteiger partial charge on any atom is -0.393 e. The van der Waals surface area contributed by atoms with Crippen LogP contribution in [0.4, 0.5) is 4.39 Å². The van der Waals surface area contributed by atoms with Gasteiger partial charge in [-0.05, 0) is 16.7 Å². The fourth-order valence-corrected chi connectivity index (χ4v) is 4.28. The van der Waals surface area contributed by atoms with Crippen LogP contribution in [0.5, 0.6) is 0 Å². The van der Waals surface area contributed by atoms with Crippen molar-refractivity contribution in [3.63, 3.8) is 0 Å². The number of alkyl halides is 1. The third kappa shape index (κ3) is 6.97. The van der Waals surface area contributed by atoms with Crippen LogP contribution in [0.2, 0.25) is 0 Å². The van der Waals surface area contributed by atoms with Crippen molar-refractivity contribution >= 4 is 0 Å². The van der Waals surface area contributed by atoms with Crippen molar-refractivity contribution in [2.45, 2.75) is 56.7 Å². The first-order valence-corrected chi connectivity index (χ1v) is 12.1. The number of aliphatic hydroxyl groups is 1. The van der Waals surface area contributed by atoms with E-state index in [9.17, 15) is 5.11 Å². The van der Waals surface area contributed by atoms with Crippen molar-refractivity contribution < 1.29 is 33.2 Å². The Labute approximate surface area is 211 Å². The third-order valence-electron chi connectivity index (χ3n) is 6.15. The quantitative estimate of drug-likeness (QED) is 0.400. The summed E-state index contributed by atoms with van der Waals surface area (Å²) in [6, 6.07) is 29.0. The highest BCUT2D eigenvalue weighted by Gasteiger charge is 2.51. The fraction of sp³-hybridized carbons (Fsp3) is 0.379. The zero-order valence-electron chi connectivity index (χ0n) is 20.3. The van der Waals surface area contributed by atoms with E-state index in [1.165, 1.54) is 7.11 Å². The molecule has 1 fully saturated rings. The molecule has 3 aromatic rings. The molecule has 4 rings (SSSR count). The minimum absolute atomic E-state index is 0.220. The topological polar surface area (TPSA) is 66.4 Å². The van der Waals surface area contributed by atoms with Crippen molar-refractivity contribution in [2.24, 2.45) is 0 Å². The van der Waals surface area contributed by atoms with Gasteiger partial charge >= 0.3 is 0 Å². The Morgan fingerprint density at radius 2 is 1.11 bits per heavy atom. The zero-order chi connectivity index (χ0) is 25.2. The monoisotopic (exact) mass is 496 g/mol. The second-order valence-corrected chi connectivity index (χ2v) is 8.69. The Morgan fingerprint density at radius 3 is 1.53 bits per heavy atom. The first-order valence-electron chi connectivity index (χ1n) is 12.1. The van der Waals surface area contributed by atoms with Gasteiger partial charge in [0.1, 0.15) is 24.4 Å². The lowest BCUT2D eigenvalue weighted by Gasteiger charge is -2.46. The van der Waals surface area contributed by atoms with Crippen LogP contribution in [-0.4, -0.2) is 55.7 Å². The van der Waals surface area contributed by atoms with Crippen molar-refractivity contribution in [1.29, 1.82) is 0 Å². The molecular formula is C29H33FO6. The Kier molecular flexibility index (Phi) is 9.98. The molecule has 1 aliphatic heterocycles. The Morgan fingerprint density at radius 1 is 0.694 bits per heavy atom. The van der Waals surface area contributed by atoms with E-state index in [1.807, 2.05) is 91.0 Å². The summed E-state index contributed by atoms with van der Waals surface area (Å²) >= 11 is 0. The van der Waals surface area contributed by atoms with E-state index in [0.717, 1.165) is 16.7 Å². The van der Waals surface area contributed by atoms with E-state index in [2.05, 4.69) is 0 Å². The summed E-state index contributed by atoms with van der Waals surface area (Å²) in [4.78, 5) is 0. The summed E-state index contributed by atoms with van der Waals surface area (Å²) in [6.07, 6.45) is -6.01. The van der Waals surface area contributed by atoms with Gasteiger partial charge in [-0.25, -0.2) is 4.39 Å². The summed E-state index contributed by atoms with van der Waals surface area (Å²) in [5.74, 6) is 0. The molecule has 0 spiro atoms. The van der Waals surface area contributed by atoms with Gasteiger partial charge in [0, 0.05) is 7.11 Å². The van der Waals surface area contributed by atoms with Crippen LogP contribution in [-0.2, 0) is 43.5 Å². The second-order valence-electron chi connectivity index (χ2n) is 8.69. The van der Waals surface area contributed by atoms with Gasteiger partial charge in [0.25, 0.3) is 0 Å². The molecular weight excluding hydrogens is 463 g/mol. The number of methoxy groups -OCH3 is 1. The van der Waals surface area contributed by atoms with Crippen molar-refractivity contribution in [3.05, 3.63) is 108 Å². The molecule has 6 nitrogen and oxygen atoms in total. The van der Waals surface area contributed by atoms with Gasteiger partial charge in [-0.15, -0.1) is 0 Å². The van der Waals surface area contributed by atoms with Gasteiger partial charge in [-0.3, -0.25) is 0 Å². The SMILES string of the molecule is COC1OC([C@@H](F)CO)C(OCc2ccccc2)C(OCc2ccccc2)C1OCc1ccccc1. The molecule has 36 heavy (non-hydrogen) atoms. The first-order chi connectivity index (χ1) is 17.7. The van der Waals surface area contributed by atoms with Crippen LogP contribution in [0, 0.1) is 0 Å². The number of ether oxygens (including phenoxy) is 5. The molecule has 5 unspecified atom stereocenters. The van der Waals surface area contributed by atoms with Gasteiger partial charge in [-0.1, -0.05) is 91.0 Å².